The van der Waals surface area contributed by atoms with E-state index in [0.717, 1.165) is 38.2 Å². The number of hydrogen-bond acceptors (Lipinski definition) is 2. The first-order chi connectivity index (χ1) is 8.61. The van der Waals surface area contributed by atoms with Gasteiger partial charge in [0.15, 0.2) is 5.82 Å². The highest BCUT2D eigenvalue weighted by Gasteiger charge is 2.18. The highest BCUT2D eigenvalue weighted by molar-refractivity contribution is 6.35. The Morgan fingerprint density at radius 3 is 2.67 bits per heavy atom. The van der Waals surface area contributed by atoms with E-state index in [1.807, 2.05) is 0 Å². The van der Waals surface area contributed by atoms with Crippen LogP contribution in [-0.2, 0) is 0 Å². The van der Waals surface area contributed by atoms with Crippen molar-refractivity contribution in [1.29, 1.82) is 0 Å². The van der Waals surface area contributed by atoms with E-state index in [0.29, 0.717) is 6.04 Å². The average Bonchev–Trinajstić information content (AvgIpc) is 2.60. The van der Waals surface area contributed by atoms with E-state index >= 15 is 0 Å². The lowest BCUT2D eigenvalue weighted by Gasteiger charge is -2.26. The van der Waals surface area contributed by atoms with E-state index in [1.54, 1.807) is 12.1 Å². The number of rotatable bonds is 2. The molecule has 5 heteroatoms. The molecule has 1 saturated heterocycles. The van der Waals surface area contributed by atoms with Gasteiger partial charge in [0.2, 0.25) is 0 Å². The van der Waals surface area contributed by atoms with Crippen LogP contribution in [0.4, 0.5) is 10.1 Å². The van der Waals surface area contributed by atoms with Gasteiger partial charge in [-0.3, -0.25) is 0 Å². The van der Waals surface area contributed by atoms with Gasteiger partial charge >= 0.3 is 0 Å². The number of nitrogens with zero attached hydrogens (tertiary/aromatic N) is 1. The van der Waals surface area contributed by atoms with E-state index in [2.05, 4.69) is 17.1 Å². The quantitative estimate of drug-likeness (QED) is 0.836. The third-order valence-corrected chi connectivity index (χ3v) is 3.86. The largest absolute Gasteiger partial charge is 0.370 e. The third-order valence-electron chi connectivity index (χ3n) is 3.31. The van der Waals surface area contributed by atoms with Gasteiger partial charge in [0, 0.05) is 24.8 Å². The fraction of sp³-hybridized carbons (Fsp3) is 0.538. The van der Waals surface area contributed by atoms with Gasteiger partial charge in [-0.15, -0.1) is 0 Å². The summed E-state index contributed by atoms with van der Waals surface area (Å²) in [5.74, 6) is -0.540. The SMILES string of the molecule is CCC1CN(c2cc(Cl)c(F)c(Cl)c2)CCCN1. The number of anilines is 1. The number of hydrogen-bond donors (Lipinski definition) is 1. The summed E-state index contributed by atoms with van der Waals surface area (Å²) in [7, 11) is 0. The van der Waals surface area contributed by atoms with E-state index in [1.165, 1.54) is 0 Å². The van der Waals surface area contributed by atoms with Gasteiger partial charge in [-0.05, 0) is 31.5 Å². The summed E-state index contributed by atoms with van der Waals surface area (Å²) >= 11 is 11.7. The molecule has 100 valence electrons. The molecule has 1 aliphatic heterocycles. The summed E-state index contributed by atoms with van der Waals surface area (Å²) in [4.78, 5) is 2.21. The molecule has 1 atom stereocenters. The lowest BCUT2D eigenvalue weighted by Crippen LogP contribution is -2.37. The van der Waals surface area contributed by atoms with Gasteiger partial charge in [0.1, 0.15) is 0 Å². The van der Waals surface area contributed by atoms with Crippen LogP contribution in [-0.4, -0.2) is 25.7 Å². The van der Waals surface area contributed by atoms with Crippen molar-refractivity contribution in [2.24, 2.45) is 0 Å². The minimum atomic E-state index is -0.540. The van der Waals surface area contributed by atoms with Crippen molar-refractivity contribution in [3.63, 3.8) is 0 Å². The Kier molecular flexibility index (Phi) is 4.71. The molecule has 0 saturated carbocycles. The molecule has 1 fully saturated rings. The minimum absolute atomic E-state index is 0.0859. The zero-order valence-corrected chi connectivity index (χ0v) is 11.9. The Labute approximate surface area is 117 Å². The van der Waals surface area contributed by atoms with Crippen LogP contribution in [0.3, 0.4) is 0 Å². The lowest BCUT2D eigenvalue weighted by molar-refractivity contribution is 0.528. The molecule has 2 rings (SSSR count). The van der Waals surface area contributed by atoms with E-state index in [4.69, 9.17) is 23.2 Å². The van der Waals surface area contributed by atoms with E-state index in [-0.39, 0.29) is 10.0 Å². The van der Waals surface area contributed by atoms with Crippen LogP contribution >= 0.6 is 23.2 Å². The number of nitrogens with one attached hydrogen (secondary N) is 1. The van der Waals surface area contributed by atoms with Crippen LogP contribution < -0.4 is 10.2 Å². The zero-order chi connectivity index (χ0) is 13.1. The smallest absolute Gasteiger partial charge is 0.160 e. The summed E-state index contributed by atoms with van der Waals surface area (Å²) < 4.78 is 13.4. The molecule has 1 aliphatic rings. The predicted octanol–water partition coefficient (Wildman–Crippen LogP) is 3.71. The lowest BCUT2D eigenvalue weighted by atomic mass is 10.2. The molecular formula is C13H17Cl2FN2. The van der Waals surface area contributed by atoms with Crippen molar-refractivity contribution in [3.05, 3.63) is 28.0 Å². The molecule has 1 aromatic rings. The Morgan fingerprint density at radius 1 is 1.39 bits per heavy atom. The fourth-order valence-electron chi connectivity index (χ4n) is 2.23. The summed E-state index contributed by atoms with van der Waals surface area (Å²) in [5.41, 5.74) is 0.897. The topological polar surface area (TPSA) is 15.3 Å². The van der Waals surface area contributed by atoms with Crippen LogP contribution in [0, 0.1) is 5.82 Å². The van der Waals surface area contributed by atoms with Crippen molar-refractivity contribution < 1.29 is 4.39 Å². The molecule has 18 heavy (non-hydrogen) atoms. The van der Waals surface area contributed by atoms with Crippen molar-refractivity contribution >= 4 is 28.9 Å². The maximum Gasteiger partial charge on any atom is 0.160 e. The van der Waals surface area contributed by atoms with Crippen LogP contribution in [0.15, 0.2) is 12.1 Å². The Balaban J connectivity index is 2.24. The average molecular weight is 291 g/mol. The summed E-state index contributed by atoms with van der Waals surface area (Å²) in [6.07, 6.45) is 2.13. The molecule has 0 aromatic heterocycles. The molecule has 0 amide bonds. The first-order valence-electron chi connectivity index (χ1n) is 6.24. The molecule has 1 aromatic carbocycles. The molecule has 1 N–H and O–H groups in total. The van der Waals surface area contributed by atoms with Crippen molar-refractivity contribution in [3.8, 4) is 0 Å². The highest BCUT2D eigenvalue weighted by atomic mass is 35.5. The summed E-state index contributed by atoms with van der Waals surface area (Å²) in [6.45, 7) is 5.00. The molecule has 1 unspecified atom stereocenters. The Hall–Kier alpha value is -0.510. The maximum absolute atomic E-state index is 13.4. The molecule has 2 nitrogen and oxygen atoms in total. The van der Waals surface area contributed by atoms with E-state index in [9.17, 15) is 4.39 Å². The van der Waals surface area contributed by atoms with Crippen molar-refractivity contribution in [2.45, 2.75) is 25.8 Å². The van der Waals surface area contributed by atoms with Crippen LogP contribution in [0.1, 0.15) is 19.8 Å². The van der Waals surface area contributed by atoms with Gasteiger partial charge < -0.3 is 10.2 Å². The number of halogens is 3. The normalized spacial score (nSPS) is 20.9. The summed E-state index contributed by atoms with van der Waals surface area (Å²) in [6, 6.07) is 3.76. The molecule has 0 aliphatic carbocycles. The molecular weight excluding hydrogens is 274 g/mol. The van der Waals surface area contributed by atoms with Gasteiger partial charge in [-0.2, -0.15) is 0 Å². The minimum Gasteiger partial charge on any atom is -0.370 e. The van der Waals surface area contributed by atoms with Gasteiger partial charge in [0.05, 0.1) is 10.0 Å². The fourth-order valence-corrected chi connectivity index (χ4v) is 2.71. The standard InChI is InChI=1S/C13H17Cl2FN2/c1-2-9-8-18(5-3-4-17-9)10-6-11(14)13(16)12(15)7-10/h6-7,9,17H,2-5,8H2,1H3. The van der Waals surface area contributed by atoms with Crippen molar-refractivity contribution in [1.82, 2.24) is 5.32 Å². The first kappa shape index (κ1) is 13.9. The Bertz CT molecular complexity index is 402. The second kappa shape index (κ2) is 6.09. The van der Waals surface area contributed by atoms with Crippen LogP contribution in [0.2, 0.25) is 10.0 Å². The van der Waals surface area contributed by atoms with Gasteiger partial charge in [-0.25, -0.2) is 4.39 Å². The Morgan fingerprint density at radius 2 is 2.06 bits per heavy atom. The molecule has 0 radical (unpaired) electrons. The first-order valence-corrected chi connectivity index (χ1v) is 7.00. The van der Waals surface area contributed by atoms with Crippen LogP contribution in [0.5, 0.6) is 0 Å². The third kappa shape index (κ3) is 3.08. The highest BCUT2D eigenvalue weighted by Crippen LogP contribution is 2.30. The maximum atomic E-state index is 13.4. The second-order valence-corrected chi connectivity index (χ2v) is 5.40. The predicted molar refractivity (Wildman–Crippen MR) is 75.3 cm³/mol. The second-order valence-electron chi connectivity index (χ2n) is 4.58. The molecule has 0 bridgehead atoms. The van der Waals surface area contributed by atoms with Crippen molar-refractivity contribution in [2.75, 3.05) is 24.5 Å². The zero-order valence-electron chi connectivity index (χ0n) is 10.3. The van der Waals surface area contributed by atoms with Crippen LogP contribution in [0.25, 0.3) is 0 Å². The van der Waals surface area contributed by atoms with Gasteiger partial charge in [-0.1, -0.05) is 30.1 Å². The monoisotopic (exact) mass is 290 g/mol. The number of benzene rings is 1. The summed E-state index contributed by atoms with van der Waals surface area (Å²) in [5, 5.41) is 3.66. The molecule has 0 spiro atoms. The molecule has 1 heterocycles. The van der Waals surface area contributed by atoms with Gasteiger partial charge in [0.25, 0.3) is 0 Å². The van der Waals surface area contributed by atoms with E-state index < -0.39 is 5.82 Å².